The molecule has 2 nitrogen and oxygen atoms in total. The standard InChI is InChI=1S/C16H28N2S/c1-4-12-6-5-7-13(9-12)16-18-14(8-11(2)3)15(10-17)19-16/h11-13H,4-10,17H2,1-3H3. The first-order valence-corrected chi connectivity index (χ1v) is 8.64. The summed E-state index contributed by atoms with van der Waals surface area (Å²) in [6.07, 6.45) is 7.86. The van der Waals surface area contributed by atoms with Gasteiger partial charge in [0.1, 0.15) is 0 Å². The van der Waals surface area contributed by atoms with Crippen LogP contribution in [0.4, 0.5) is 0 Å². The number of rotatable bonds is 5. The van der Waals surface area contributed by atoms with Crippen molar-refractivity contribution in [1.82, 2.24) is 4.98 Å². The number of thiazole rings is 1. The van der Waals surface area contributed by atoms with E-state index in [4.69, 9.17) is 10.7 Å². The van der Waals surface area contributed by atoms with Crippen LogP contribution >= 0.6 is 11.3 Å². The summed E-state index contributed by atoms with van der Waals surface area (Å²) in [4.78, 5) is 6.27. The molecule has 0 saturated heterocycles. The number of nitrogens with zero attached hydrogens (tertiary/aromatic N) is 1. The molecule has 1 aliphatic carbocycles. The zero-order valence-electron chi connectivity index (χ0n) is 12.6. The molecule has 1 aromatic heterocycles. The van der Waals surface area contributed by atoms with Gasteiger partial charge in [-0.2, -0.15) is 0 Å². The fourth-order valence-electron chi connectivity index (χ4n) is 3.17. The summed E-state index contributed by atoms with van der Waals surface area (Å²) in [7, 11) is 0. The van der Waals surface area contributed by atoms with Crippen LogP contribution in [0.15, 0.2) is 0 Å². The summed E-state index contributed by atoms with van der Waals surface area (Å²) in [5, 5.41) is 1.37. The van der Waals surface area contributed by atoms with Gasteiger partial charge in [0.25, 0.3) is 0 Å². The lowest BCUT2D eigenvalue weighted by Gasteiger charge is -2.26. The van der Waals surface area contributed by atoms with Crippen LogP contribution < -0.4 is 5.73 Å². The second kappa shape index (κ2) is 6.85. The molecule has 2 rings (SSSR count). The van der Waals surface area contributed by atoms with Gasteiger partial charge in [0, 0.05) is 17.3 Å². The van der Waals surface area contributed by atoms with Crippen LogP contribution in [0.25, 0.3) is 0 Å². The van der Waals surface area contributed by atoms with Crippen LogP contribution in [0.3, 0.4) is 0 Å². The molecule has 3 heteroatoms. The van der Waals surface area contributed by atoms with E-state index in [0.717, 1.165) is 12.3 Å². The van der Waals surface area contributed by atoms with Crippen LogP contribution in [0.1, 0.15) is 74.4 Å². The SMILES string of the molecule is CCC1CCCC(c2nc(CC(C)C)c(CN)s2)C1. The third kappa shape index (κ3) is 3.79. The van der Waals surface area contributed by atoms with E-state index in [9.17, 15) is 0 Å². The molecule has 1 saturated carbocycles. The van der Waals surface area contributed by atoms with Crippen molar-refractivity contribution in [3.8, 4) is 0 Å². The fraction of sp³-hybridized carbons (Fsp3) is 0.812. The molecule has 2 N–H and O–H groups in total. The Balaban J connectivity index is 2.13. The van der Waals surface area contributed by atoms with Crippen molar-refractivity contribution in [3.63, 3.8) is 0 Å². The van der Waals surface area contributed by atoms with Gasteiger partial charge in [0.15, 0.2) is 0 Å². The van der Waals surface area contributed by atoms with Crippen molar-refractivity contribution in [1.29, 1.82) is 0 Å². The Morgan fingerprint density at radius 1 is 1.37 bits per heavy atom. The molecule has 0 radical (unpaired) electrons. The first kappa shape index (κ1) is 15.0. The first-order chi connectivity index (χ1) is 9.13. The van der Waals surface area contributed by atoms with Crippen molar-refractivity contribution in [2.45, 2.75) is 71.8 Å². The largest absolute Gasteiger partial charge is 0.326 e. The van der Waals surface area contributed by atoms with Gasteiger partial charge >= 0.3 is 0 Å². The second-order valence-corrected chi connectivity index (χ2v) is 7.48. The molecule has 2 unspecified atom stereocenters. The Labute approximate surface area is 121 Å². The first-order valence-electron chi connectivity index (χ1n) is 7.82. The highest BCUT2D eigenvalue weighted by Gasteiger charge is 2.25. The quantitative estimate of drug-likeness (QED) is 0.863. The maximum atomic E-state index is 5.89. The summed E-state index contributed by atoms with van der Waals surface area (Å²) in [5.41, 5.74) is 7.17. The predicted octanol–water partition coefficient (Wildman–Crippen LogP) is 4.48. The smallest absolute Gasteiger partial charge is 0.0962 e. The normalized spacial score (nSPS) is 24.1. The maximum Gasteiger partial charge on any atom is 0.0962 e. The highest BCUT2D eigenvalue weighted by molar-refractivity contribution is 7.11. The minimum absolute atomic E-state index is 0.656. The topological polar surface area (TPSA) is 38.9 Å². The predicted molar refractivity (Wildman–Crippen MR) is 83.5 cm³/mol. The third-order valence-electron chi connectivity index (χ3n) is 4.29. The summed E-state index contributed by atoms with van der Waals surface area (Å²) < 4.78 is 0. The minimum Gasteiger partial charge on any atom is -0.326 e. The van der Waals surface area contributed by atoms with Crippen molar-refractivity contribution >= 4 is 11.3 Å². The Kier molecular flexibility index (Phi) is 5.40. The van der Waals surface area contributed by atoms with Gasteiger partial charge in [-0.3, -0.25) is 0 Å². The number of aromatic nitrogens is 1. The molecule has 1 fully saturated rings. The number of nitrogens with two attached hydrogens (primary N) is 1. The molecule has 108 valence electrons. The molecular formula is C16H28N2S. The van der Waals surface area contributed by atoms with Crippen LogP contribution in [0.5, 0.6) is 0 Å². The zero-order valence-corrected chi connectivity index (χ0v) is 13.4. The molecule has 0 spiro atoms. The van der Waals surface area contributed by atoms with E-state index in [1.807, 2.05) is 11.3 Å². The van der Waals surface area contributed by atoms with Gasteiger partial charge in [0.05, 0.1) is 10.7 Å². The van der Waals surface area contributed by atoms with Gasteiger partial charge in [0.2, 0.25) is 0 Å². The molecule has 0 aliphatic heterocycles. The van der Waals surface area contributed by atoms with Gasteiger partial charge in [-0.1, -0.05) is 40.0 Å². The van der Waals surface area contributed by atoms with Crippen molar-refractivity contribution in [2.24, 2.45) is 17.6 Å². The van der Waals surface area contributed by atoms with E-state index in [1.54, 1.807) is 0 Å². The second-order valence-electron chi connectivity index (χ2n) is 6.36. The van der Waals surface area contributed by atoms with E-state index in [1.165, 1.54) is 47.7 Å². The van der Waals surface area contributed by atoms with Crippen LogP contribution in [0.2, 0.25) is 0 Å². The monoisotopic (exact) mass is 280 g/mol. The highest BCUT2D eigenvalue weighted by Crippen LogP contribution is 2.39. The lowest BCUT2D eigenvalue weighted by Crippen LogP contribution is -2.13. The molecule has 19 heavy (non-hydrogen) atoms. The third-order valence-corrected chi connectivity index (χ3v) is 5.57. The molecule has 0 aromatic carbocycles. The van der Waals surface area contributed by atoms with E-state index < -0.39 is 0 Å². The van der Waals surface area contributed by atoms with Crippen LogP contribution in [-0.4, -0.2) is 4.98 Å². The van der Waals surface area contributed by atoms with Gasteiger partial charge in [-0.25, -0.2) is 4.98 Å². The maximum absolute atomic E-state index is 5.89. The zero-order chi connectivity index (χ0) is 13.8. The molecule has 1 heterocycles. The van der Waals surface area contributed by atoms with E-state index in [2.05, 4.69) is 20.8 Å². The van der Waals surface area contributed by atoms with Gasteiger partial charge in [-0.05, 0) is 31.1 Å². The molecule has 0 amide bonds. The Morgan fingerprint density at radius 2 is 2.16 bits per heavy atom. The summed E-state index contributed by atoms with van der Waals surface area (Å²) in [5.74, 6) is 2.28. The molecule has 1 aliphatic rings. The Bertz CT molecular complexity index is 397. The van der Waals surface area contributed by atoms with Crippen LogP contribution in [0, 0.1) is 11.8 Å². The average molecular weight is 280 g/mol. The van der Waals surface area contributed by atoms with Crippen molar-refractivity contribution in [2.75, 3.05) is 0 Å². The summed E-state index contributed by atoms with van der Waals surface area (Å²) in [6, 6.07) is 0. The van der Waals surface area contributed by atoms with E-state index in [-0.39, 0.29) is 0 Å². The summed E-state index contributed by atoms with van der Waals surface area (Å²) >= 11 is 1.88. The number of hydrogen-bond acceptors (Lipinski definition) is 3. The lowest BCUT2D eigenvalue weighted by molar-refractivity contribution is 0.314. The minimum atomic E-state index is 0.656. The average Bonchev–Trinajstić information content (AvgIpc) is 2.81. The highest BCUT2D eigenvalue weighted by atomic mass is 32.1. The molecule has 2 atom stereocenters. The Hall–Kier alpha value is -0.410. The van der Waals surface area contributed by atoms with Crippen molar-refractivity contribution < 1.29 is 0 Å². The molecule has 0 bridgehead atoms. The molecular weight excluding hydrogens is 252 g/mol. The molecule has 1 aromatic rings. The van der Waals surface area contributed by atoms with E-state index in [0.29, 0.717) is 18.4 Å². The number of hydrogen-bond donors (Lipinski definition) is 1. The Morgan fingerprint density at radius 3 is 2.79 bits per heavy atom. The van der Waals surface area contributed by atoms with E-state index >= 15 is 0 Å². The van der Waals surface area contributed by atoms with Gasteiger partial charge in [-0.15, -0.1) is 11.3 Å². The lowest BCUT2D eigenvalue weighted by atomic mass is 9.80. The fourth-order valence-corrected chi connectivity index (χ4v) is 4.29. The summed E-state index contributed by atoms with van der Waals surface area (Å²) in [6.45, 7) is 7.49. The van der Waals surface area contributed by atoms with Crippen molar-refractivity contribution in [3.05, 3.63) is 15.6 Å². The van der Waals surface area contributed by atoms with Crippen LogP contribution in [-0.2, 0) is 13.0 Å². The van der Waals surface area contributed by atoms with Gasteiger partial charge < -0.3 is 5.73 Å².